The largest absolute Gasteiger partial charge is 0.390 e. The molecule has 3 heteroatoms. The van der Waals surface area contributed by atoms with Crippen LogP contribution in [-0.4, -0.2) is 34.6 Å². The van der Waals surface area contributed by atoms with E-state index in [4.69, 9.17) is 4.74 Å². The second kappa shape index (κ2) is 11.2. The molecule has 3 aliphatic rings. The zero-order valence-corrected chi connectivity index (χ0v) is 22.2. The first-order chi connectivity index (χ1) is 15.5. The first-order valence-corrected chi connectivity index (χ1v) is 13.7. The molecule has 0 spiro atoms. The first-order valence-electron chi connectivity index (χ1n) is 13.7. The van der Waals surface area contributed by atoms with Crippen molar-refractivity contribution in [3.63, 3.8) is 0 Å². The van der Waals surface area contributed by atoms with E-state index >= 15 is 0 Å². The van der Waals surface area contributed by atoms with Crippen LogP contribution >= 0.6 is 0 Å². The van der Waals surface area contributed by atoms with E-state index in [-0.39, 0.29) is 12.2 Å². The van der Waals surface area contributed by atoms with Crippen molar-refractivity contribution >= 4 is 0 Å². The molecule has 1 aliphatic heterocycles. The maximum atomic E-state index is 10.6. The fraction of sp³-hybridized carbons (Fsp3) is 0.800. The van der Waals surface area contributed by atoms with Gasteiger partial charge in [-0.3, -0.25) is 0 Å². The molecule has 0 saturated heterocycles. The van der Waals surface area contributed by atoms with Gasteiger partial charge in [-0.1, -0.05) is 69.9 Å². The molecule has 2 fully saturated rings. The van der Waals surface area contributed by atoms with E-state index < -0.39 is 5.60 Å². The van der Waals surface area contributed by atoms with Crippen LogP contribution in [0.3, 0.4) is 0 Å². The van der Waals surface area contributed by atoms with Crippen LogP contribution in [0, 0.1) is 23.2 Å². The number of fused-ring (bicyclic) bond motifs is 1. The van der Waals surface area contributed by atoms with E-state index in [2.05, 4.69) is 45.9 Å². The molecule has 3 nitrogen and oxygen atoms in total. The van der Waals surface area contributed by atoms with E-state index in [1.54, 1.807) is 5.57 Å². The zero-order valence-electron chi connectivity index (χ0n) is 22.2. The minimum absolute atomic E-state index is 0.0792. The molecule has 188 valence electrons. The molecule has 6 unspecified atom stereocenters. The predicted octanol–water partition coefficient (Wildman–Crippen LogP) is 7.14. The molecule has 6 atom stereocenters. The first kappa shape index (κ1) is 26.7. The summed E-state index contributed by atoms with van der Waals surface area (Å²) in [6.07, 6.45) is 17.4. The fourth-order valence-corrected chi connectivity index (χ4v) is 6.91. The van der Waals surface area contributed by atoms with Crippen LogP contribution in [0.15, 0.2) is 34.9 Å². The maximum absolute atomic E-state index is 10.6. The number of aliphatic hydroxyl groups is 2. The standard InChI is InChI=1S/C30H50O3/c1-7-26-24(15-14-23-19-27(31)25-13-10-18-33-28(25)20-23)12-9-17-30(26,6)22(3)21(2)11-8-16-29(4,5)32/h13-15,21-22,26-28,31-32H,7-12,16-20H2,1-6H3. The van der Waals surface area contributed by atoms with Crippen LogP contribution in [0.2, 0.25) is 0 Å². The van der Waals surface area contributed by atoms with Gasteiger partial charge >= 0.3 is 0 Å². The van der Waals surface area contributed by atoms with Gasteiger partial charge in [0.2, 0.25) is 0 Å². The lowest BCUT2D eigenvalue weighted by Gasteiger charge is -2.49. The summed E-state index contributed by atoms with van der Waals surface area (Å²) in [6.45, 7) is 14.4. The second-order valence-electron chi connectivity index (χ2n) is 12.1. The molecule has 3 rings (SSSR count). The summed E-state index contributed by atoms with van der Waals surface area (Å²) in [7, 11) is 0. The topological polar surface area (TPSA) is 49.7 Å². The van der Waals surface area contributed by atoms with Gasteiger partial charge in [0, 0.05) is 0 Å². The molecule has 0 aromatic heterocycles. The van der Waals surface area contributed by atoms with Crippen molar-refractivity contribution in [1.29, 1.82) is 0 Å². The Morgan fingerprint density at radius 2 is 2.00 bits per heavy atom. The predicted molar refractivity (Wildman–Crippen MR) is 138 cm³/mol. The lowest BCUT2D eigenvalue weighted by molar-refractivity contribution is 0.0366. The Kier molecular flexibility index (Phi) is 9.08. The van der Waals surface area contributed by atoms with Gasteiger partial charge in [0.1, 0.15) is 0 Å². The van der Waals surface area contributed by atoms with Gasteiger partial charge in [-0.25, -0.2) is 0 Å². The zero-order chi connectivity index (χ0) is 24.2. The smallest absolute Gasteiger partial charge is 0.0847 e. The van der Waals surface area contributed by atoms with Crippen LogP contribution in [0.1, 0.15) is 106 Å². The van der Waals surface area contributed by atoms with E-state index in [0.717, 1.165) is 44.3 Å². The van der Waals surface area contributed by atoms with Crippen molar-refractivity contribution in [2.75, 3.05) is 6.61 Å². The summed E-state index contributed by atoms with van der Waals surface area (Å²) in [5.74, 6) is 1.93. The molecule has 0 bridgehead atoms. The van der Waals surface area contributed by atoms with E-state index in [0.29, 0.717) is 23.2 Å². The summed E-state index contributed by atoms with van der Waals surface area (Å²) in [5, 5.41) is 20.7. The molecule has 0 aromatic rings. The van der Waals surface area contributed by atoms with Crippen LogP contribution in [0.4, 0.5) is 0 Å². The highest BCUT2D eigenvalue weighted by atomic mass is 16.5. The normalized spacial score (nSPS) is 35.3. The van der Waals surface area contributed by atoms with Gasteiger partial charge in [-0.05, 0) is 94.0 Å². The van der Waals surface area contributed by atoms with Crippen molar-refractivity contribution < 1.29 is 14.9 Å². The van der Waals surface area contributed by atoms with Crippen molar-refractivity contribution in [2.45, 2.75) is 124 Å². The summed E-state index contributed by atoms with van der Waals surface area (Å²) in [6, 6.07) is 0. The second-order valence-corrected chi connectivity index (χ2v) is 12.1. The Morgan fingerprint density at radius 1 is 1.24 bits per heavy atom. The van der Waals surface area contributed by atoms with Crippen LogP contribution in [0.5, 0.6) is 0 Å². The Bertz CT molecular complexity index is 740. The summed E-state index contributed by atoms with van der Waals surface area (Å²) in [4.78, 5) is 0. The fourth-order valence-electron chi connectivity index (χ4n) is 6.91. The van der Waals surface area contributed by atoms with Crippen LogP contribution in [0.25, 0.3) is 0 Å². The van der Waals surface area contributed by atoms with Crippen LogP contribution < -0.4 is 0 Å². The Morgan fingerprint density at radius 3 is 2.70 bits per heavy atom. The average Bonchev–Trinajstić information content (AvgIpc) is 2.76. The number of aliphatic hydroxyl groups excluding tert-OH is 1. The van der Waals surface area contributed by atoms with Gasteiger partial charge < -0.3 is 14.9 Å². The Labute approximate surface area is 203 Å². The minimum Gasteiger partial charge on any atom is -0.390 e. The molecule has 2 N–H and O–H groups in total. The van der Waals surface area contributed by atoms with Gasteiger partial charge in [0.25, 0.3) is 0 Å². The lowest BCUT2D eigenvalue weighted by atomic mass is 9.56. The molecule has 0 aromatic carbocycles. The van der Waals surface area contributed by atoms with Crippen molar-refractivity contribution in [1.82, 2.24) is 0 Å². The Balaban J connectivity index is 1.71. The number of allylic oxidation sites excluding steroid dienone is 3. The van der Waals surface area contributed by atoms with E-state index in [1.807, 2.05) is 13.8 Å². The highest BCUT2D eigenvalue weighted by molar-refractivity contribution is 5.31. The van der Waals surface area contributed by atoms with Crippen molar-refractivity contribution in [2.24, 2.45) is 23.2 Å². The third kappa shape index (κ3) is 6.61. The summed E-state index contributed by atoms with van der Waals surface area (Å²) in [5.41, 5.74) is 3.80. The van der Waals surface area contributed by atoms with Crippen molar-refractivity contribution in [3.8, 4) is 0 Å². The quantitative estimate of drug-likeness (QED) is 0.380. The number of rotatable bonds is 8. The third-order valence-corrected chi connectivity index (χ3v) is 9.18. The molecule has 0 radical (unpaired) electrons. The number of hydrogen-bond donors (Lipinski definition) is 2. The Hall–Kier alpha value is -0.900. The van der Waals surface area contributed by atoms with Gasteiger partial charge in [-0.15, -0.1) is 0 Å². The molecule has 33 heavy (non-hydrogen) atoms. The molecule has 0 amide bonds. The highest BCUT2D eigenvalue weighted by Crippen LogP contribution is 2.53. The number of hydrogen-bond acceptors (Lipinski definition) is 3. The van der Waals surface area contributed by atoms with Gasteiger partial charge in [0.15, 0.2) is 0 Å². The molecular formula is C30H50O3. The molecule has 1 heterocycles. The highest BCUT2D eigenvalue weighted by Gasteiger charge is 2.43. The minimum atomic E-state index is -0.557. The van der Waals surface area contributed by atoms with E-state index in [1.165, 1.54) is 37.7 Å². The summed E-state index contributed by atoms with van der Waals surface area (Å²) >= 11 is 0. The SMILES string of the molecule is CCC1C(=CC=C2CC(O)C3=CCCOC3C2)CCCC1(C)C(C)C(C)CCCC(C)(C)O. The van der Waals surface area contributed by atoms with Gasteiger partial charge in [-0.2, -0.15) is 0 Å². The average molecular weight is 459 g/mol. The maximum Gasteiger partial charge on any atom is 0.0847 e. The van der Waals surface area contributed by atoms with Crippen LogP contribution in [-0.2, 0) is 4.74 Å². The monoisotopic (exact) mass is 458 g/mol. The molecular weight excluding hydrogens is 408 g/mol. The van der Waals surface area contributed by atoms with E-state index in [9.17, 15) is 10.2 Å². The van der Waals surface area contributed by atoms with Gasteiger partial charge in [0.05, 0.1) is 24.4 Å². The third-order valence-electron chi connectivity index (χ3n) is 9.18. The number of ether oxygens (including phenoxy) is 1. The lowest BCUT2D eigenvalue weighted by Crippen LogP contribution is -2.40. The van der Waals surface area contributed by atoms with Crippen molar-refractivity contribution in [3.05, 3.63) is 34.9 Å². The molecule has 2 saturated carbocycles. The summed E-state index contributed by atoms with van der Waals surface area (Å²) < 4.78 is 5.96. The molecule has 2 aliphatic carbocycles.